The molecule has 2 rings (SSSR count). The molecular formula is C16H13ClNO5P. The van der Waals surface area contributed by atoms with E-state index in [-0.39, 0.29) is 17.6 Å². The molecule has 0 aliphatic rings. The van der Waals surface area contributed by atoms with Crippen molar-refractivity contribution in [3.63, 3.8) is 0 Å². The third-order valence-corrected chi connectivity index (χ3v) is 4.81. The lowest BCUT2D eigenvalue weighted by atomic mass is 10.1. The Kier molecular flexibility index (Phi) is 5.76. The summed E-state index contributed by atoms with van der Waals surface area (Å²) in [5.41, 5.74) is 0.798. The molecule has 0 saturated heterocycles. The number of nitrogens with zero attached hydrogens (tertiary/aromatic N) is 1. The maximum atomic E-state index is 12.3. The molecule has 124 valence electrons. The van der Waals surface area contributed by atoms with Crippen LogP contribution in [0.4, 0.5) is 5.69 Å². The van der Waals surface area contributed by atoms with Crippen LogP contribution >= 0.6 is 19.2 Å². The smallest absolute Gasteiger partial charge is 0.321 e. The van der Waals surface area contributed by atoms with Crippen LogP contribution in [0, 0.1) is 22.0 Å². The van der Waals surface area contributed by atoms with Gasteiger partial charge in [0, 0.05) is 28.3 Å². The van der Waals surface area contributed by atoms with Gasteiger partial charge in [0.15, 0.2) is 0 Å². The van der Waals surface area contributed by atoms with Crippen LogP contribution in [0.15, 0.2) is 42.5 Å². The zero-order valence-corrected chi connectivity index (χ0v) is 14.3. The normalized spacial score (nSPS) is 12.8. The fourth-order valence-electron chi connectivity index (χ4n) is 1.89. The quantitative estimate of drug-likeness (QED) is 0.387. The van der Waals surface area contributed by atoms with Gasteiger partial charge in [-0.25, -0.2) is 0 Å². The number of benzene rings is 2. The molecule has 0 aliphatic carbocycles. The van der Waals surface area contributed by atoms with Crippen LogP contribution in [0.3, 0.4) is 0 Å². The maximum Gasteiger partial charge on any atom is 0.360 e. The maximum absolute atomic E-state index is 12.3. The summed E-state index contributed by atoms with van der Waals surface area (Å²) in [6.07, 6.45) is 0. The molecule has 0 bridgehead atoms. The molecule has 2 aromatic rings. The molecule has 0 radical (unpaired) electrons. The first-order valence-corrected chi connectivity index (χ1v) is 8.83. The van der Waals surface area contributed by atoms with Crippen LogP contribution in [-0.2, 0) is 9.09 Å². The molecule has 0 aromatic heterocycles. The summed E-state index contributed by atoms with van der Waals surface area (Å²) in [6.45, 7) is 1.67. The Labute approximate surface area is 143 Å². The molecule has 0 heterocycles. The highest BCUT2D eigenvalue weighted by atomic mass is 35.5. The summed E-state index contributed by atoms with van der Waals surface area (Å²) in [7, 11) is -4.03. The summed E-state index contributed by atoms with van der Waals surface area (Å²) in [4.78, 5) is 20.1. The van der Waals surface area contributed by atoms with Crippen molar-refractivity contribution >= 4 is 30.2 Å². The van der Waals surface area contributed by atoms with Crippen molar-refractivity contribution in [2.75, 3.05) is 6.61 Å². The number of nitro benzene ring substituents is 1. The van der Waals surface area contributed by atoms with E-state index in [4.69, 9.17) is 16.1 Å². The van der Waals surface area contributed by atoms with Gasteiger partial charge in [-0.3, -0.25) is 14.7 Å². The minimum atomic E-state index is -4.03. The predicted octanol–water partition coefficient (Wildman–Crippen LogP) is 3.50. The molecule has 2 aromatic carbocycles. The molecule has 1 unspecified atom stereocenters. The monoisotopic (exact) mass is 365 g/mol. The first kappa shape index (κ1) is 18.2. The predicted molar refractivity (Wildman–Crippen MR) is 91.6 cm³/mol. The molecule has 0 amide bonds. The van der Waals surface area contributed by atoms with Crippen LogP contribution in [0.25, 0.3) is 0 Å². The van der Waals surface area contributed by atoms with Crippen LogP contribution in [0.2, 0.25) is 5.02 Å². The largest absolute Gasteiger partial charge is 0.360 e. The number of rotatable bonds is 4. The van der Waals surface area contributed by atoms with E-state index in [9.17, 15) is 19.6 Å². The number of nitro groups is 1. The van der Waals surface area contributed by atoms with E-state index >= 15 is 0 Å². The van der Waals surface area contributed by atoms with E-state index in [2.05, 4.69) is 11.8 Å². The fourth-order valence-corrected chi connectivity index (χ4v) is 3.37. The summed E-state index contributed by atoms with van der Waals surface area (Å²) in [5, 5.41) is 10.9. The lowest BCUT2D eigenvalue weighted by molar-refractivity contribution is -0.384. The van der Waals surface area contributed by atoms with Crippen molar-refractivity contribution in [1.29, 1.82) is 0 Å². The van der Waals surface area contributed by atoms with Gasteiger partial charge in [0.05, 0.1) is 16.8 Å². The van der Waals surface area contributed by atoms with E-state index in [1.165, 1.54) is 36.4 Å². The first-order chi connectivity index (χ1) is 11.3. The lowest BCUT2D eigenvalue weighted by Crippen LogP contribution is -2.11. The number of halogens is 1. The molecule has 0 saturated carbocycles. The van der Waals surface area contributed by atoms with Gasteiger partial charge in [-0.1, -0.05) is 23.4 Å². The zero-order chi connectivity index (χ0) is 17.7. The Balaban J connectivity index is 2.40. The van der Waals surface area contributed by atoms with E-state index in [0.29, 0.717) is 16.1 Å². The number of hydrogen-bond acceptors (Lipinski definition) is 4. The lowest BCUT2D eigenvalue weighted by Gasteiger charge is -2.12. The SMILES string of the molecule is CCOP(=O)(O)c1cc(Cl)ccc1C#Cc1ccc([N+](=O)[O-])cc1. The highest BCUT2D eigenvalue weighted by molar-refractivity contribution is 7.61. The Bertz CT molecular complexity index is 870. The van der Waals surface area contributed by atoms with Crippen molar-refractivity contribution in [2.45, 2.75) is 6.92 Å². The second-order valence-corrected chi connectivity index (χ2v) is 6.87. The highest BCUT2D eigenvalue weighted by Crippen LogP contribution is 2.42. The summed E-state index contributed by atoms with van der Waals surface area (Å²) in [5.74, 6) is 5.58. The standard InChI is InChI=1S/C16H13ClNO5P/c1-2-23-24(21,22)16-11-14(17)8-7-13(16)6-3-12-4-9-15(10-5-12)18(19)20/h4-5,7-11H,2H2,1H3,(H,21,22). The first-order valence-electron chi connectivity index (χ1n) is 6.87. The van der Waals surface area contributed by atoms with Gasteiger partial charge < -0.3 is 9.42 Å². The summed E-state index contributed by atoms with van der Waals surface area (Å²) < 4.78 is 17.2. The average Bonchev–Trinajstić information content (AvgIpc) is 2.54. The minimum absolute atomic E-state index is 0.0197. The van der Waals surface area contributed by atoms with Crippen LogP contribution in [-0.4, -0.2) is 16.4 Å². The molecule has 0 fully saturated rings. The van der Waals surface area contributed by atoms with Gasteiger partial charge in [-0.05, 0) is 37.3 Å². The van der Waals surface area contributed by atoms with Gasteiger partial charge in [0.25, 0.3) is 5.69 Å². The molecule has 6 nitrogen and oxygen atoms in total. The second-order valence-electron chi connectivity index (χ2n) is 4.65. The van der Waals surface area contributed by atoms with E-state index in [1.807, 2.05) is 0 Å². The van der Waals surface area contributed by atoms with Crippen LogP contribution < -0.4 is 5.30 Å². The van der Waals surface area contributed by atoms with Crippen molar-refractivity contribution < 1.29 is 18.9 Å². The van der Waals surface area contributed by atoms with Gasteiger partial charge in [0.2, 0.25) is 0 Å². The number of hydrogen-bond donors (Lipinski definition) is 1. The molecule has 0 aliphatic heterocycles. The second kappa shape index (κ2) is 7.61. The Morgan fingerprint density at radius 3 is 2.50 bits per heavy atom. The van der Waals surface area contributed by atoms with Crippen molar-refractivity contribution in [2.24, 2.45) is 0 Å². The molecule has 24 heavy (non-hydrogen) atoms. The van der Waals surface area contributed by atoms with Crippen LogP contribution in [0.1, 0.15) is 18.1 Å². The third-order valence-electron chi connectivity index (χ3n) is 2.99. The van der Waals surface area contributed by atoms with Crippen molar-refractivity contribution in [3.05, 3.63) is 68.7 Å². The summed E-state index contributed by atoms with van der Waals surface area (Å²) in [6, 6.07) is 10.1. The molecule has 1 N–H and O–H groups in total. The third kappa shape index (κ3) is 4.44. The van der Waals surface area contributed by atoms with Gasteiger partial charge in [0.1, 0.15) is 0 Å². The topological polar surface area (TPSA) is 89.7 Å². The van der Waals surface area contributed by atoms with Crippen LogP contribution in [0.5, 0.6) is 0 Å². The highest BCUT2D eigenvalue weighted by Gasteiger charge is 2.25. The Hall–Kier alpha value is -2.16. The van der Waals surface area contributed by atoms with Gasteiger partial charge in [-0.15, -0.1) is 0 Å². The number of non-ortho nitro benzene ring substituents is 1. The summed E-state index contributed by atoms with van der Waals surface area (Å²) >= 11 is 5.89. The average molecular weight is 366 g/mol. The Morgan fingerprint density at radius 1 is 1.25 bits per heavy atom. The Morgan fingerprint density at radius 2 is 1.92 bits per heavy atom. The molecule has 8 heteroatoms. The van der Waals surface area contributed by atoms with E-state index < -0.39 is 12.5 Å². The fraction of sp³-hybridized carbons (Fsp3) is 0.125. The van der Waals surface area contributed by atoms with Crippen molar-refractivity contribution in [1.82, 2.24) is 0 Å². The van der Waals surface area contributed by atoms with E-state index in [1.54, 1.807) is 13.0 Å². The molecule has 1 atom stereocenters. The van der Waals surface area contributed by atoms with Crippen molar-refractivity contribution in [3.8, 4) is 11.8 Å². The van der Waals surface area contributed by atoms with Gasteiger partial charge in [-0.2, -0.15) is 0 Å². The minimum Gasteiger partial charge on any atom is -0.321 e. The molecule has 0 spiro atoms. The molecular weight excluding hydrogens is 353 g/mol. The van der Waals surface area contributed by atoms with Gasteiger partial charge >= 0.3 is 7.60 Å². The zero-order valence-electron chi connectivity index (χ0n) is 12.6. The van der Waals surface area contributed by atoms with E-state index in [0.717, 1.165) is 0 Å².